The summed E-state index contributed by atoms with van der Waals surface area (Å²) in [5.41, 5.74) is 14.0. The molecule has 11 nitrogen and oxygen atoms in total. The maximum absolute atomic E-state index is 12.4. The third-order valence-electron chi connectivity index (χ3n) is 8.25. The molecule has 0 atom stereocenters. The number of benzene rings is 1. The van der Waals surface area contributed by atoms with Crippen LogP contribution in [0.15, 0.2) is 12.1 Å². The lowest BCUT2D eigenvalue weighted by Gasteiger charge is -2.35. The first kappa shape index (κ1) is 43.9. The number of nitrogens with two attached hydrogens (primary N) is 3. The van der Waals surface area contributed by atoms with Gasteiger partial charge in [-0.3, -0.25) is 0 Å². The second-order valence-corrected chi connectivity index (χ2v) is 16.4. The molecule has 0 amide bonds. The minimum absolute atomic E-state index is 0.0179. The van der Waals surface area contributed by atoms with Crippen LogP contribution in [0.3, 0.4) is 0 Å². The number of aromatic carboxylic acids is 1. The normalized spacial score (nSPS) is 13.5. The predicted octanol–water partition coefficient (Wildman–Crippen LogP) is 6.46. The molecule has 0 fully saturated rings. The molecule has 0 aliphatic rings. The molecule has 280 valence electrons. The van der Waals surface area contributed by atoms with E-state index in [1.165, 1.54) is 12.1 Å². The quantitative estimate of drug-likeness (QED) is 0.0892. The van der Waals surface area contributed by atoms with Gasteiger partial charge in [0.15, 0.2) is 11.5 Å². The maximum atomic E-state index is 12.4. The van der Waals surface area contributed by atoms with Crippen LogP contribution in [0.2, 0.25) is 0 Å². The van der Waals surface area contributed by atoms with Gasteiger partial charge in [-0.1, -0.05) is 0 Å². The van der Waals surface area contributed by atoms with Crippen molar-refractivity contribution in [1.29, 1.82) is 0 Å². The summed E-state index contributed by atoms with van der Waals surface area (Å²) in [6.45, 7) is 26.6. The van der Waals surface area contributed by atoms with Crippen LogP contribution in [0.4, 0.5) is 0 Å². The van der Waals surface area contributed by atoms with Crippen molar-refractivity contribution < 1.29 is 38.3 Å². The molecule has 48 heavy (non-hydrogen) atoms. The molecule has 0 aromatic heterocycles. The van der Waals surface area contributed by atoms with E-state index in [9.17, 15) is 9.90 Å². The average molecular weight is 684 g/mol. The molecule has 0 saturated heterocycles. The Morgan fingerprint density at radius 3 is 1.08 bits per heavy atom. The smallest absolute Gasteiger partial charge is 0.335 e. The zero-order chi connectivity index (χ0) is 37.0. The Bertz CT molecular complexity index is 1070. The molecule has 0 heterocycles. The van der Waals surface area contributed by atoms with E-state index in [4.69, 9.17) is 45.6 Å². The van der Waals surface area contributed by atoms with E-state index < -0.39 is 22.8 Å². The van der Waals surface area contributed by atoms with Crippen LogP contribution in [-0.2, 0) is 14.2 Å². The zero-order valence-corrected chi connectivity index (χ0v) is 32.2. The highest BCUT2D eigenvalue weighted by Gasteiger charge is 2.33. The number of rotatable bonds is 25. The summed E-state index contributed by atoms with van der Waals surface area (Å²) in [6, 6.07) is 2.99. The Balaban J connectivity index is 3.50. The number of carboxylic acids is 1. The molecule has 0 aliphatic carbocycles. The third kappa shape index (κ3) is 17.0. The van der Waals surface area contributed by atoms with Crippen LogP contribution in [0.25, 0.3) is 0 Å². The predicted molar refractivity (Wildman–Crippen MR) is 192 cm³/mol. The van der Waals surface area contributed by atoms with Gasteiger partial charge in [0.1, 0.15) is 16.8 Å². The van der Waals surface area contributed by atoms with E-state index >= 15 is 0 Å². The van der Waals surface area contributed by atoms with Crippen molar-refractivity contribution in [2.24, 2.45) is 17.2 Å². The third-order valence-corrected chi connectivity index (χ3v) is 8.25. The zero-order valence-electron chi connectivity index (χ0n) is 32.2. The molecule has 0 spiro atoms. The highest BCUT2D eigenvalue weighted by molar-refractivity contribution is 5.89. The van der Waals surface area contributed by atoms with Gasteiger partial charge in [-0.2, -0.15) is 0 Å². The van der Waals surface area contributed by atoms with Crippen molar-refractivity contribution in [2.75, 3.05) is 39.5 Å². The van der Waals surface area contributed by atoms with E-state index in [1.54, 1.807) is 0 Å². The molecular formula is C37H69N3O8. The number of carboxylic acid groups (broad SMARTS) is 1. The largest absolute Gasteiger partial charge is 0.484 e. The lowest BCUT2D eigenvalue weighted by atomic mass is 10.0. The molecule has 0 unspecified atom stereocenters. The molecular weight excluding hydrogens is 614 g/mol. The number of hydrogen-bond donors (Lipinski definition) is 4. The first-order valence-electron chi connectivity index (χ1n) is 17.4. The SMILES string of the molecule is CC(C)(CCN)OCCC(C)(C)Oc1cc(C(=O)O)cc(OC(C)(C)CCOC(C)(C)CCN)c1OC(C)(C)CCOC(C)(C)CCN. The van der Waals surface area contributed by atoms with Crippen LogP contribution < -0.4 is 31.4 Å². The number of hydrogen-bond acceptors (Lipinski definition) is 10. The van der Waals surface area contributed by atoms with Gasteiger partial charge in [0.05, 0.1) is 42.2 Å². The molecule has 7 N–H and O–H groups in total. The van der Waals surface area contributed by atoms with Gasteiger partial charge in [0.2, 0.25) is 5.75 Å². The molecule has 0 radical (unpaired) electrons. The second kappa shape index (κ2) is 18.2. The summed E-state index contributed by atoms with van der Waals surface area (Å²) in [4.78, 5) is 12.4. The minimum Gasteiger partial charge on any atom is -0.484 e. The summed E-state index contributed by atoms with van der Waals surface area (Å²) in [5, 5.41) is 10.1. The van der Waals surface area contributed by atoms with Crippen molar-refractivity contribution in [3.8, 4) is 17.2 Å². The van der Waals surface area contributed by atoms with Crippen LogP contribution >= 0.6 is 0 Å². The van der Waals surface area contributed by atoms with E-state index in [1.807, 2.05) is 83.1 Å². The van der Waals surface area contributed by atoms with Crippen LogP contribution in [0, 0.1) is 0 Å². The van der Waals surface area contributed by atoms with E-state index in [2.05, 4.69) is 0 Å². The Hall–Kier alpha value is -2.15. The van der Waals surface area contributed by atoms with E-state index in [-0.39, 0.29) is 33.9 Å². The van der Waals surface area contributed by atoms with Crippen molar-refractivity contribution in [2.45, 2.75) is 155 Å². The number of ether oxygens (including phenoxy) is 6. The summed E-state index contributed by atoms with van der Waals surface area (Å²) >= 11 is 0. The van der Waals surface area contributed by atoms with Crippen LogP contribution in [0.5, 0.6) is 17.2 Å². The molecule has 1 rings (SSSR count). The van der Waals surface area contributed by atoms with E-state index in [0.29, 0.717) is 64.5 Å². The summed E-state index contributed by atoms with van der Waals surface area (Å²) < 4.78 is 38.3. The van der Waals surface area contributed by atoms with Gasteiger partial charge in [-0.05, 0) is 134 Å². The fraction of sp³-hybridized carbons (Fsp3) is 0.811. The molecule has 0 saturated carbocycles. The summed E-state index contributed by atoms with van der Waals surface area (Å²) in [7, 11) is 0. The standard InChI is InChI=1S/C37H69N3O8/c1-32(2,13-19-38)43-22-16-35(7,8)46-28-25-27(31(41)42)26-29(47-36(9,10)17-23-44-33(3,4)14-20-39)30(28)48-37(11,12)18-24-45-34(5,6)15-21-40/h25-26H,13-24,38-40H2,1-12H3,(H,41,42). The van der Waals surface area contributed by atoms with Gasteiger partial charge in [0.25, 0.3) is 0 Å². The topological polar surface area (TPSA) is 171 Å². The fourth-order valence-corrected chi connectivity index (χ4v) is 4.96. The van der Waals surface area contributed by atoms with Gasteiger partial charge < -0.3 is 50.7 Å². The Labute approximate surface area is 290 Å². The van der Waals surface area contributed by atoms with Crippen molar-refractivity contribution in [3.63, 3.8) is 0 Å². The Morgan fingerprint density at radius 2 is 0.812 bits per heavy atom. The van der Waals surface area contributed by atoms with Gasteiger partial charge in [0, 0.05) is 19.3 Å². The first-order valence-corrected chi connectivity index (χ1v) is 17.4. The van der Waals surface area contributed by atoms with Crippen molar-refractivity contribution in [1.82, 2.24) is 0 Å². The Kier molecular flexibility index (Phi) is 16.6. The maximum Gasteiger partial charge on any atom is 0.335 e. The summed E-state index contributed by atoms with van der Waals surface area (Å²) in [5.74, 6) is -0.254. The van der Waals surface area contributed by atoms with Crippen LogP contribution in [-0.4, -0.2) is 84.1 Å². The monoisotopic (exact) mass is 684 g/mol. The van der Waals surface area contributed by atoms with Gasteiger partial charge in [-0.25, -0.2) is 4.79 Å². The fourth-order valence-electron chi connectivity index (χ4n) is 4.96. The lowest BCUT2D eigenvalue weighted by molar-refractivity contribution is -0.0511. The van der Waals surface area contributed by atoms with Gasteiger partial charge in [-0.15, -0.1) is 0 Å². The highest BCUT2D eigenvalue weighted by atomic mass is 16.6. The molecule has 11 heteroatoms. The van der Waals surface area contributed by atoms with Gasteiger partial charge >= 0.3 is 5.97 Å². The summed E-state index contributed by atoms with van der Waals surface area (Å²) in [6.07, 6.45) is 3.78. The Morgan fingerprint density at radius 1 is 0.521 bits per heavy atom. The van der Waals surface area contributed by atoms with Crippen molar-refractivity contribution in [3.05, 3.63) is 17.7 Å². The minimum atomic E-state index is -1.11. The second-order valence-electron chi connectivity index (χ2n) is 16.4. The van der Waals surface area contributed by atoms with Crippen LogP contribution in [0.1, 0.15) is 132 Å². The van der Waals surface area contributed by atoms with Crippen molar-refractivity contribution >= 4 is 5.97 Å². The molecule has 1 aromatic carbocycles. The highest BCUT2D eigenvalue weighted by Crippen LogP contribution is 2.45. The lowest BCUT2D eigenvalue weighted by Crippen LogP contribution is -2.36. The molecule has 0 aliphatic heterocycles. The van der Waals surface area contributed by atoms with E-state index in [0.717, 1.165) is 19.3 Å². The molecule has 1 aromatic rings. The first-order chi connectivity index (χ1) is 21.9. The number of carbonyl (C=O) groups is 1. The molecule has 0 bridgehead atoms. The average Bonchev–Trinajstić information content (AvgIpc) is 2.88.